The standard InChI is InChI=1S/C19H30N8O2.C8H7F3/c20-6-9-27(10-7-21)25-8-5-16(22)19(29)24-13-18(28)26-15-11-14-3-1-2-4-17(14)23-12-15;1-6-2-4-7(5-3-6)8(9,10)11/h1-4,11-12,16,25H,5-10,13,20-22H2,(H,24,29)(H,26,28);2-5H,1H3. The molecule has 40 heavy (non-hydrogen) atoms. The maximum Gasteiger partial charge on any atom is 0.416 e. The Morgan fingerprint density at radius 1 is 1.02 bits per heavy atom. The third-order valence-electron chi connectivity index (χ3n) is 5.60. The van der Waals surface area contributed by atoms with Gasteiger partial charge >= 0.3 is 6.18 Å². The summed E-state index contributed by atoms with van der Waals surface area (Å²) in [5.74, 6) is -0.736. The average molecular weight is 563 g/mol. The van der Waals surface area contributed by atoms with Crippen molar-refractivity contribution in [3.63, 3.8) is 0 Å². The zero-order chi connectivity index (χ0) is 29.5. The molecule has 13 heteroatoms. The molecule has 3 aromatic rings. The molecule has 1 heterocycles. The summed E-state index contributed by atoms with van der Waals surface area (Å²) in [5, 5.41) is 8.08. The Kier molecular flexibility index (Phi) is 13.4. The van der Waals surface area contributed by atoms with Crippen molar-refractivity contribution in [2.45, 2.75) is 25.6 Å². The maximum absolute atomic E-state index is 12.1. The van der Waals surface area contributed by atoms with Gasteiger partial charge in [0.05, 0.1) is 35.6 Å². The number of halogens is 3. The number of rotatable bonds is 12. The van der Waals surface area contributed by atoms with E-state index < -0.39 is 17.8 Å². The summed E-state index contributed by atoms with van der Waals surface area (Å²) in [6.45, 7) is 4.40. The first-order valence-corrected chi connectivity index (χ1v) is 12.7. The Morgan fingerprint density at radius 2 is 1.68 bits per heavy atom. The fraction of sp³-hybridized carbons (Fsp3) is 0.370. The number of hydrogen-bond acceptors (Lipinski definition) is 8. The maximum atomic E-state index is 12.1. The SMILES string of the molecule is Cc1ccc(C(F)(F)F)cc1.NCCN(CCN)NCCC(N)C(=O)NCC(=O)Nc1cnc2ccccc2c1. The van der Waals surface area contributed by atoms with Crippen LogP contribution in [0.2, 0.25) is 0 Å². The van der Waals surface area contributed by atoms with Gasteiger partial charge in [-0.1, -0.05) is 35.9 Å². The number of nitrogens with two attached hydrogens (primary N) is 3. The minimum Gasteiger partial charge on any atom is -0.346 e. The Morgan fingerprint density at radius 3 is 2.30 bits per heavy atom. The van der Waals surface area contributed by atoms with Crippen molar-refractivity contribution in [2.24, 2.45) is 17.2 Å². The Balaban J connectivity index is 0.000000425. The summed E-state index contributed by atoms with van der Waals surface area (Å²) in [6.07, 6.45) is -2.23. The third kappa shape index (κ3) is 11.6. The number of hydrogen-bond donors (Lipinski definition) is 6. The van der Waals surface area contributed by atoms with E-state index in [4.69, 9.17) is 17.2 Å². The fourth-order valence-electron chi connectivity index (χ4n) is 3.48. The van der Waals surface area contributed by atoms with Crippen LogP contribution in [0.25, 0.3) is 10.9 Å². The van der Waals surface area contributed by atoms with Crippen LogP contribution in [-0.2, 0) is 15.8 Å². The van der Waals surface area contributed by atoms with Crippen LogP contribution in [0.5, 0.6) is 0 Å². The third-order valence-corrected chi connectivity index (χ3v) is 5.60. The highest BCUT2D eigenvalue weighted by atomic mass is 19.4. The lowest BCUT2D eigenvalue weighted by molar-refractivity contribution is -0.137. The van der Waals surface area contributed by atoms with Crippen LogP contribution in [0, 0.1) is 6.92 Å². The molecule has 10 nitrogen and oxygen atoms in total. The van der Waals surface area contributed by atoms with Crippen LogP contribution in [0.3, 0.4) is 0 Å². The van der Waals surface area contributed by atoms with Crippen LogP contribution in [-0.4, -0.2) is 67.1 Å². The van der Waals surface area contributed by atoms with Gasteiger partial charge in [0.25, 0.3) is 0 Å². The molecule has 0 radical (unpaired) electrons. The van der Waals surface area contributed by atoms with Gasteiger partial charge < -0.3 is 27.8 Å². The quantitative estimate of drug-likeness (QED) is 0.182. The highest BCUT2D eigenvalue weighted by Crippen LogP contribution is 2.28. The lowest BCUT2D eigenvalue weighted by Gasteiger charge is -2.22. The first-order valence-electron chi connectivity index (χ1n) is 12.7. The summed E-state index contributed by atoms with van der Waals surface area (Å²) in [4.78, 5) is 28.5. The molecule has 0 saturated carbocycles. The normalized spacial score (nSPS) is 12.0. The molecule has 0 spiro atoms. The number of benzene rings is 2. The number of carbonyl (C=O) groups is 2. The second-order valence-corrected chi connectivity index (χ2v) is 8.91. The molecule has 2 amide bonds. The molecular formula is C27H37F3N8O2. The smallest absolute Gasteiger partial charge is 0.346 e. The van der Waals surface area contributed by atoms with Gasteiger partial charge in [-0.15, -0.1) is 0 Å². The Bertz CT molecular complexity index is 1200. The molecule has 0 aliphatic rings. The van der Waals surface area contributed by atoms with Gasteiger partial charge in [0.2, 0.25) is 11.8 Å². The number of anilines is 1. The average Bonchev–Trinajstić information content (AvgIpc) is 2.92. The predicted molar refractivity (Wildman–Crippen MR) is 150 cm³/mol. The van der Waals surface area contributed by atoms with E-state index in [-0.39, 0.29) is 18.4 Å². The van der Waals surface area contributed by atoms with Crippen molar-refractivity contribution in [2.75, 3.05) is 44.6 Å². The number of aryl methyl sites for hydroxylation is 1. The Labute approximate surface area is 231 Å². The molecule has 0 aliphatic carbocycles. The lowest BCUT2D eigenvalue weighted by Crippen LogP contribution is -2.48. The Hall–Kier alpha value is -3.62. The van der Waals surface area contributed by atoms with Gasteiger partial charge in [0, 0.05) is 38.1 Å². The zero-order valence-corrected chi connectivity index (χ0v) is 22.4. The number of aromatic nitrogens is 1. The van der Waals surface area contributed by atoms with Gasteiger partial charge in [-0.3, -0.25) is 20.0 Å². The zero-order valence-electron chi connectivity index (χ0n) is 22.4. The number of pyridine rings is 1. The van der Waals surface area contributed by atoms with Crippen molar-refractivity contribution < 1.29 is 22.8 Å². The molecule has 0 aliphatic heterocycles. The molecule has 9 N–H and O–H groups in total. The van der Waals surface area contributed by atoms with Gasteiger partial charge in [0.1, 0.15) is 0 Å². The number of nitrogens with zero attached hydrogens (tertiary/aromatic N) is 2. The highest BCUT2D eigenvalue weighted by Gasteiger charge is 2.29. The van der Waals surface area contributed by atoms with Gasteiger partial charge in [-0.2, -0.15) is 13.2 Å². The monoisotopic (exact) mass is 562 g/mol. The number of nitrogens with one attached hydrogen (secondary N) is 3. The van der Waals surface area contributed by atoms with Crippen LogP contribution >= 0.6 is 0 Å². The molecular weight excluding hydrogens is 525 g/mol. The first kappa shape index (κ1) is 32.6. The second-order valence-electron chi connectivity index (χ2n) is 8.91. The summed E-state index contributed by atoms with van der Waals surface area (Å²) in [6, 6.07) is 13.8. The van der Waals surface area contributed by atoms with Crippen LogP contribution < -0.4 is 33.3 Å². The summed E-state index contributed by atoms with van der Waals surface area (Å²) < 4.78 is 35.8. The minimum atomic E-state index is -4.21. The molecule has 3 rings (SSSR count). The molecule has 0 saturated heterocycles. The van der Waals surface area contributed by atoms with Crippen LogP contribution in [0.1, 0.15) is 17.5 Å². The molecule has 1 unspecified atom stereocenters. The molecule has 1 atom stereocenters. The summed E-state index contributed by atoms with van der Waals surface area (Å²) in [7, 11) is 0. The number of amides is 2. The van der Waals surface area contributed by atoms with E-state index in [1.54, 1.807) is 13.1 Å². The van der Waals surface area contributed by atoms with Crippen molar-refractivity contribution in [1.82, 2.24) is 20.7 Å². The van der Waals surface area contributed by atoms with E-state index in [2.05, 4.69) is 21.0 Å². The number of fused-ring (bicyclic) bond motifs is 1. The predicted octanol–water partition coefficient (Wildman–Crippen LogP) is 1.74. The van der Waals surface area contributed by atoms with Crippen molar-refractivity contribution in [1.29, 1.82) is 0 Å². The van der Waals surface area contributed by atoms with E-state index in [0.717, 1.165) is 28.6 Å². The van der Waals surface area contributed by atoms with E-state index in [1.807, 2.05) is 35.3 Å². The first-order chi connectivity index (χ1) is 19.0. The highest BCUT2D eigenvalue weighted by molar-refractivity contribution is 5.96. The number of hydrazine groups is 1. The van der Waals surface area contributed by atoms with E-state index in [9.17, 15) is 22.8 Å². The van der Waals surface area contributed by atoms with Crippen molar-refractivity contribution in [3.05, 3.63) is 71.9 Å². The second kappa shape index (κ2) is 16.5. The van der Waals surface area contributed by atoms with Gasteiger partial charge in [-0.25, -0.2) is 5.01 Å². The minimum absolute atomic E-state index is 0.167. The fourth-order valence-corrected chi connectivity index (χ4v) is 3.48. The number of para-hydroxylation sites is 1. The van der Waals surface area contributed by atoms with Crippen LogP contribution in [0.15, 0.2) is 60.8 Å². The van der Waals surface area contributed by atoms with E-state index >= 15 is 0 Å². The van der Waals surface area contributed by atoms with E-state index in [0.29, 0.717) is 44.8 Å². The molecule has 218 valence electrons. The van der Waals surface area contributed by atoms with Gasteiger partial charge in [0.15, 0.2) is 0 Å². The van der Waals surface area contributed by atoms with Crippen molar-refractivity contribution >= 4 is 28.4 Å². The number of alkyl halides is 3. The number of carbonyl (C=O) groups excluding carboxylic acids is 2. The lowest BCUT2D eigenvalue weighted by atomic mass is 10.1. The molecule has 0 fully saturated rings. The molecule has 2 aromatic carbocycles. The van der Waals surface area contributed by atoms with Crippen LogP contribution in [0.4, 0.5) is 18.9 Å². The summed E-state index contributed by atoms with van der Waals surface area (Å²) in [5.41, 5.74) is 21.8. The van der Waals surface area contributed by atoms with Crippen molar-refractivity contribution in [3.8, 4) is 0 Å². The van der Waals surface area contributed by atoms with Gasteiger partial charge in [-0.05, 0) is 37.6 Å². The topological polar surface area (TPSA) is 164 Å². The summed E-state index contributed by atoms with van der Waals surface area (Å²) >= 11 is 0. The largest absolute Gasteiger partial charge is 0.416 e. The van der Waals surface area contributed by atoms with E-state index in [1.165, 1.54) is 12.1 Å². The molecule has 0 bridgehead atoms. The molecule has 1 aromatic heterocycles.